The standard InChI is InChI=1S/C25H27N3O3/c1-27-14-6-5-9-23(27)20-10-12-21(13-11-20)24(29)17-28-25(30)15-22(16-26-28)31-18-19-7-3-2-4-8-19/h2-4,7-8,10-13,15-16,23H,5-6,9,14,17-18H2,1H3. The van der Waals surface area contributed by atoms with Crippen molar-refractivity contribution in [3.05, 3.63) is 93.9 Å². The van der Waals surface area contributed by atoms with Gasteiger partial charge in [-0.05, 0) is 37.6 Å². The molecule has 2 aromatic carbocycles. The van der Waals surface area contributed by atoms with Gasteiger partial charge in [0, 0.05) is 17.7 Å². The second kappa shape index (κ2) is 9.71. The van der Waals surface area contributed by atoms with Gasteiger partial charge in [0.15, 0.2) is 5.78 Å². The van der Waals surface area contributed by atoms with Gasteiger partial charge < -0.3 is 4.74 Å². The Bertz CT molecular complexity index is 1080. The van der Waals surface area contributed by atoms with Gasteiger partial charge in [-0.1, -0.05) is 61.0 Å². The van der Waals surface area contributed by atoms with E-state index in [0.717, 1.165) is 18.5 Å². The fourth-order valence-electron chi connectivity index (χ4n) is 3.97. The van der Waals surface area contributed by atoms with Gasteiger partial charge in [0.25, 0.3) is 5.56 Å². The summed E-state index contributed by atoms with van der Waals surface area (Å²) >= 11 is 0. The first kappa shape index (κ1) is 21.0. The first-order valence-electron chi connectivity index (χ1n) is 10.7. The van der Waals surface area contributed by atoms with Crippen molar-refractivity contribution < 1.29 is 9.53 Å². The van der Waals surface area contributed by atoms with Crippen LogP contribution in [0.1, 0.15) is 46.8 Å². The van der Waals surface area contributed by atoms with Crippen molar-refractivity contribution in [3.8, 4) is 5.75 Å². The van der Waals surface area contributed by atoms with Gasteiger partial charge in [0.2, 0.25) is 0 Å². The summed E-state index contributed by atoms with van der Waals surface area (Å²) in [7, 11) is 2.15. The first-order chi connectivity index (χ1) is 15.1. The Balaban J connectivity index is 1.38. The van der Waals surface area contributed by atoms with Crippen LogP contribution in [0.5, 0.6) is 5.75 Å². The topological polar surface area (TPSA) is 64.4 Å². The molecule has 1 atom stereocenters. The number of aromatic nitrogens is 2. The van der Waals surface area contributed by atoms with E-state index in [-0.39, 0.29) is 17.9 Å². The maximum absolute atomic E-state index is 12.7. The van der Waals surface area contributed by atoms with Gasteiger partial charge in [0.1, 0.15) is 18.9 Å². The largest absolute Gasteiger partial charge is 0.487 e. The van der Waals surface area contributed by atoms with Crippen LogP contribution in [0.4, 0.5) is 0 Å². The van der Waals surface area contributed by atoms with Crippen LogP contribution in [-0.4, -0.2) is 34.1 Å². The predicted octanol–water partition coefficient (Wildman–Crippen LogP) is 3.86. The quantitative estimate of drug-likeness (QED) is 0.546. The Morgan fingerprint density at radius 3 is 2.58 bits per heavy atom. The molecular weight excluding hydrogens is 390 g/mol. The van der Waals surface area contributed by atoms with Crippen LogP contribution in [0.25, 0.3) is 0 Å². The average Bonchev–Trinajstić information content (AvgIpc) is 2.80. The summed E-state index contributed by atoms with van der Waals surface area (Å²) in [6.45, 7) is 1.36. The summed E-state index contributed by atoms with van der Waals surface area (Å²) in [4.78, 5) is 27.4. The second-order valence-electron chi connectivity index (χ2n) is 8.00. The van der Waals surface area contributed by atoms with E-state index >= 15 is 0 Å². The van der Waals surface area contributed by atoms with Gasteiger partial charge in [-0.25, -0.2) is 4.68 Å². The van der Waals surface area contributed by atoms with E-state index in [0.29, 0.717) is 24.0 Å². The molecule has 2 heterocycles. The minimum Gasteiger partial charge on any atom is -0.487 e. The Morgan fingerprint density at radius 1 is 1.10 bits per heavy atom. The molecule has 0 N–H and O–H groups in total. The Kier molecular flexibility index (Phi) is 6.57. The summed E-state index contributed by atoms with van der Waals surface area (Å²) < 4.78 is 6.80. The van der Waals surface area contributed by atoms with Gasteiger partial charge >= 0.3 is 0 Å². The van der Waals surface area contributed by atoms with Crippen molar-refractivity contribution in [1.82, 2.24) is 14.7 Å². The molecule has 6 nitrogen and oxygen atoms in total. The van der Waals surface area contributed by atoms with E-state index < -0.39 is 0 Å². The molecular formula is C25H27N3O3. The Hall–Kier alpha value is -3.25. The van der Waals surface area contributed by atoms with E-state index in [1.807, 2.05) is 54.6 Å². The number of benzene rings is 2. The molecule has 31 heavy (non-hydrogen) atoms. The minimum absolute atomic E-state index is 0.0967. The fraction of sp³-hybridized carbons (Fsp3) is 0.320. The van der Waals surface area contributed by atoms with Crippen LogP contribution >= 0.6 is 0 Å². The highest BCUT2D eigenvalue weighted by Gasteiger charge is 2.20. The molecule has 1 unspecified atom stereocenters. The average molecular weight is 418 g/mol. The number of hydrogen-bond donors (Lipinski definition) is 0. The number of rotatable bonds is 7. The molecule has 0 aliphatic carbocycles. The summed E-state index contributed by atoms with van der Waals surface area (Å²) in [5.74, 6) is 0.245. The molecule has 0 radical (unpaired) electrons. The summed E-state index contributed by atoms with van der Waals surface area (Å²) in [5, 5.41) is 4.11. The third-order valence-electron chi connectivity index (χ3n) is 5.77. The number of carbonyl (C=O) groups is 1. The first-order valence-corrected chi connectivity index (χ1v) is 10.7. The van der Waals surface area contributed by atoms with Crippen molar-refractivity contribution in [3.63, 3.8) is 0 Å². The third kappa shape index (κ3) is 5.27. The maximum Gasteiger partial charge on any atom is 0.270 e. The summed E-state index contributed by atoms with van der Waals surface area (Å²) in [6, 6.07) is 19.2. The minimum atomic E-state index is -0.362. The van der Waals surface area contributed by atoms with Crippen molar-refractivity contribution in [2.45, 2.75) is 38.5 Å². The number of ether oxygens (including phenoxy) is 1. The number of carbonyl (C=O) groups excluding carboxylic acids is 1. The molecule has 0 spiro atoms. The maximum atomic E-state index is 12.7. The second-order valence-corrected chi connectivity index (χ2v) is 8.00. The molecule has 6 heteroatoms. The molecule has 1 aliphatic rings. The Labute approximate surface area is 182 Å². The number of piperidine rings is 1. The number of hydrogen-bond acceptors (Lipinski definition) is 5. The zero-order valence-corrected chi connectivity index (χ0v) is 17.7. The van der Waals surface area contributed by atoms with E-state index in [2.05, 4.69) is 17.0 Å². The zero-order chi connectivity index (χ0) is 21.6. The lowest BCUT2D eigenvalue weighted by Crippen LogP contribution is -2.29. The number of Topliss-reactive ketones (excluding diaryl/α,β-unsaturated/α-hetero) is 1. The Morgan fingerprint density at radius 2 is 1.87 bits per heavy atom. The van der Waals surface area contributed by atoms with Crippen LogP contribution in [0.3, 0.4) is 0 Å². The van der Waals surface area contributed by atoms with Crippen molar-refractivity contribution in [2.75, 3.05) is 13.6 Å². The fourth-order valence-corrected chi connectivity index (χ4v) is 3.97. The van der Waals surface area contributed by atoms with Gasteiger partial charge in [-0.2, -0.15) is 5.10 Å². The van der Waals surface area contributed by atoms with E-state index in [1.54, 1.807) is 0 Å². The van der Waals surface area contributed by atoms with Crippen LogP contribution in [0.2, 0.25) is 0 Å². The highest BCUT2D eigenvalue weighted by molar-refractivity contribution is 5.95. The number of ketones is 1. The molecule has 0 amide bonds. The lowest BCUT2D eigenvalue weighted by molar-refractivity contribution is 0.0965. The molecule has 1 aliphatic heterocycles. The predicted molar refractivity (Wildman–Crippen MR) is 119 cm³/mol. The lowest BCUT2D eigenvalue weighted by atomic mass is 9.95. The lowest BCUT2D eigenvalue weighted by Gasteiger charge is -2.32. The molecule has 4 rings (SSSR count). The molecule has 160 valence electrons. The molecule has 3 aromatic rings. The van der Waals surface area contributed by atoms with Crippen LogP contribution in [-0.2, 0) is 13.2 Å². The molecule has 0 bridgehead atoms. The van der Waals surface area contributed by atoms with Crippen molar-refractivity contribution in [2.24, 2.45) is 0 Å². The third-order valence-corrected chi connectivity index (χ3v) is 5.77. The van der Waals surface area contributed by atoms with Gasteiger partial charge in [-0.15, -0.1) is 0 Å². The molecule has 1 fully saturated rings. The highest BCUT2D eigenvalue weighted by Crippen LogP contribution is 2.29. The van der Waals surface area contributed by atoms with Crippen molar-refractivity contribution >= 4 is 5.78 Å². The zero-order valence-electron chi connectivity index (χ0n) is 17.7. The van der Waals surface area contributed by atoms with E-state index in [1.165, 1.54) is 35.4 Å². The smallest absolute Gasteiger partial charge is 0.270 e. The number of likely N-dealkylation sites (tertiary alicyclic amines) is 1. The monoisotopic (exact) mass is 417 g/mol. The molecule has 1 aromatic heterocycles. The normalized spacial score (nSPS) is 16.7. The van der Waals surface area contributed by atoms with Gasteiger partial charge in [0.05, 0.1) is 6.20 Å². The van der Waals surface area contributed by atoms with Crippen LogP contribution in [0, 0.1) is 0 Å². The molecule has 1 saturated heterocycles. The highest BCUT2D eigenvalue weighted by atomic mass is 16.5. The van der Waals surface area contributed by atoms with Crippen LogP contribution in [0.15, 0.2) is 71.7 Å². The van der Waals surface area contributed by atoms with Gasteiger partial charge in [-0.3, -0.25) is 14.5 Å². The number of nitrogens with zero attached hydrogens (tertiary/aromatic N) is 3. The van der Waals surface area contributed by atoms with Crippen molar-refractivity contribution in [1.29, 1.82) is 0 Å². The van der Waals surface area contributed by atoms with E-state index in [9.17, 15) is 9.59 Å². The summed E-state index contributed by atoms with van der Waals surface area (Å²) in [6.07, 6.45) is 5.08. The van der Waals surface area contributed by atoms with Crippen LogP contribution < -0.4 is 10.3 Å². The summed E-state index contributed by atoms with van der Waals surface area (Å²) in [5.41, 5.74) is 2.46. The van der Waals surface area contributed by atoms with E-state index in [4.69, 9.17) is 4.74 Å². The SMILES string of the molecule is CN1CCCCC1c1ccc(C(=O)Cn2ncc(OCc3ccccc3)cc2=O)cc1. The molecule has 0 saturated carbocycles.